The molecule has 0 aliphatic heterocycles. The van der Waals surface area contributed by atoms with Crippen LogP contribution in [0.4, 0.5) is 11.4 Å². The van der Waals surface area contributed by atoms with E-state index < -0.39 is 0 Å². The van der Waals surface area contributed by atoms with Gasteiger partial charge in [-0.2, -0.15) is 5.10 Å². The first-order chi connectivity index (χ1) is 12.5. The summed E-state index contributed by atoms with van der Waals surface area (Å²) < 4.78 is 0. The van der Waals surface area contributed by atoms with Crippen molar-refractivity contribution in [3.8, 4) is 0 Å². The van der Waals surface area contributed by atoms with E-state index in [-0.39, 0.29) is 0 Å². The fourth-order valence-electron chi connectivity index (χ4n) is 2.55. The summed E-state index contributed by atoms with van der Waals surface area (Å²) in [6.07, 6.45) is 2.88. The zero-order valence-corrected chi connectivity index (χ0v) is 17.0. The molecule has 26 heavy (non-hydrogen) atoms. The molecule has 0 bridgehead atoms. The molecule has 0 radical (unpaired) electrons. The fourth-order valence-corrected chi connectivity index (χ4v) is 2.99. The van der Waals surface area contributed by atoms with Crippen LogP contribution < -0.4 is 15.6 Å². The number of aryl methyl sites for hydroxylation is 1. The predicted octanol–water partition coefficient (Wildman–Crippen LogP) is 5.21. The molecule has 0 heterocycles. The van der Waals surface area contributed by atoms with Crippen LogP contribution in [0.2, 0.25) is 5.02 Å². The Bertz CT molecular complexity index is 759. The maximum Gasteiger partial charge on any atom is 0.191 e. The number of hydrogen-bond acceptors (Lipinski definition) is 3. The van der Waals surface area contributed by atoms with Crippen molar-refractivity contribution in [2.45, 2.75) is 27.2 Å². The Kier molecular flexibility index (Phi) is 7.88. The number of nitrogens with one attached hydrogen (secondary N) is 2. The molecule has 0 amide bonds. The molecule has 2 rings (SSSR count). The third-order valence-electron chi connectivity index (χ3n) is 3.89. The van der Waals surface area contributed by atoms with Crippen LogP contribution in [0.5, 0.6) is 0 Å². The molecular weight excluding hydrogens is 364 g/mol. The van der Waals surface area contributed by atoms with Crippen molar-refractivity contribution in [2.75, 3.05) is 23.3 Å². The van der Waals surface area contributed by atoms with Gasteiger partial charge in [-0.25, -0.2) is 0 Å². The number of anilines is 2. The Morgan fingerprint density at radius 2 is 1.92 bits per heavy atom. The lowest BCUT2D eigenvalue weighted by Gasteiger charge is -2.22. The molecule has 0 saturated heterocycles. The molecular formula is C20H25ClN4S. The molecule has 4 nitrogen and oxygen atoms in total. The number of nitrogens with zero attached hydrogens (tertiary/aromatic N) is 2. The average Bonchev–Trinajstić information content (AvgIpc) is 2.63. The number of hydrazone groups is 1. The van der Waals surface area contributed by atoms with E-state index in [1.165, 1.54) is 5.69 Å². The molecule has 0 aliphatic rings. The molecule has 0 saturated carbocycles. The largest absolute Gasteiger partial charge is 0.372 e. The van der Waals surface area contributed by atoms with Crippen LogP contribution in [-0.2, 0) is 0 Å². The van der Waals surface area contributed by atoms with Crippen molar-refractivity contribution in [2.24, 2.45) is 5.10 Å². The van der Waals surface area contributed by atoms with Gasteiger partial charge in [0.05, 0.1) is 16.9 Å². The maximum atomic E-state index is 6.19. The molecule has 2 N–H and O–H groups in total. The molecule has 0 aliphatic carbocycles. The maximum absolute atomic E-state index is 6.19. The molecule has 2 aromatic carbocycles. The minimum absolute atomic E-state index is 0.392. The highest BCUT2D eigenvalue weighted by atomic mass is 35.5. The van der Waals surface area contributed by atoms with Crippen LogP contribution in [0.15, 0.2) is 47.6 Å². The molecule has 0 fully saturated rings. The van der Waals surface area contributed by atoms with Crippen LogP contribution in [0.1, 0.15) is 31.4 Å². The Balaban J connectivity index is 1.90. The first-order valence-electron chi connectivity index (χ1n) is 8.74. The van der Waals surface area contributed by atoms with Gasteiger partial charge in [-0.15, -0.1) is 0 Å². The van der Waals surface area contributed by atoms with E-state index in [1.54, 1.807) is 6.21 Å². The first-order valence-corrected chi connectivity index (χ1v) is 9.53. The summed E-state index contributed by atoms with van der Waals surface area (Å²) in [6.45, 7) is 8.42. The molecule has 2 aromatic rings. The van der Waals surface area contributed by atoms with Crippen LogP contribution in [0.25, 0.3) is 0 Å². The van der Waals surface area contributed by atoms with E-state index in [1.807, 2.05) is 37.3 Å². The van der Waals surface area contributed by atoms with E-state index in [2.05, 4.69) is 46.7 Å². The SMILES string of the molecule is CCCN(CC)c1ccc(/C=N\NC(=S)Nc2ccc(C)cc2Cl)cc1. The Labute approximate surface area is 166 Å². The summed E-state index contributed by atoms with van der Waals surface area (Å²) >= 11 is 11.4. The summed E-state index contributed by atoms with van der Waals surface area (Å²) in [4.78, 5) is 2.35. The van der Waals surface area contributed by atoms with Crippen molar-refractivity contribution in [3.05, 3.63) is 58.6 Å². The standard InChI is InChI=1S/C20H25ClN4S/c1-4-12-25(5-2)17-9-7-16(8-10-17)14-22-24-20(26)23-19-11-6-15(3)13-18(19)21/h6-11,13-14H,4-5,12H2,1-3H3,(H2,23,24,26)/b22-14-. The van der Waals surface area contributed by atoms with Gasteiger partial charge < -0.3 is 10.2 Å². The van der Waals surface area contributed by atoms with Gasteiger partial charge in [-0.05, 0) is 67.9 Å². The van der Waals surface area contributed by atoms with E-state index >= 15 is 0 Å². The lowest BCUT2D eigenvalue weighted by molar-refractivity contribution is 0.792. The Morgan fingerprint density at radius 1 is 1.19 bits per heavy atom. The second-order valence-electron chi connectivity index (χ2n) is 5.98. The smallest absolute Gasteiger partial charge is 0.191 e. The van der Waals surface area contributed by atoms with Gasteiger partial charge in [-0.3, -0.25) is 5.43 Å². The van der Waals surface area contributed by atoms with Gasteiger partial charge in [0.2, 0.25) is 0 Å². The zero-order chi connectivity index (χ0) is 18.9. The minimum Gasteiger partial charge on any atom is -0.372 e. The molecule has 0 atom stereocenters. The number of rotatable bonds is 7. The van der Waals surface area contributed by atoms with Gasteiger partial charge in [0.1, 0.15) is 0 Å². The number of hydrogen-bond donors (Lipinski definition) is 2. The monoisotopic (exact) mass is 388 g/mol. The molecule has 6 heteroatoms. The average molecular weight is 389 g/mol. The van der Waals surface area contributed by atoms with Gasteiger partial charge >= 0.3 is 0 Å². The highest BCUT2D eigenvalue weighted by Crippen LogP contribution is 2.22. The zero-order valence-electron chi connectivity index (χ0n) is 15.4. The summed E-state index contributed by atoms with van der Waals surface area (Å²) in [5.41, 5.74) is 6.90. The lowest BCUT2D eigenvalue weighted by Crippen LogP contribution is -2.24. The van der Waals surface area contributed by atoms with Crippen LogP contribution in [0, 0.1) is 6.92 Å². The Morgan fingerprint density at radius 3 is 2.54 bits per heavy atom. The van der Waals surface area contributed by atoms with Crippen molar-refractivity contribution >= 4 is 46.5 Å². The highest BCUT2D eigenvalue weighted by Gasteiger charge is 2.03. The molecule has 0 spiro atoms. The second-order valence-corrected chi connectivity index (χ2v) is 6.79. The van der Waals surface area contributed by atoms with E-state index in [4.69, 9.17) is 23.8 Å². The normalized spacial score (nSPS) is 10.8. The van der Waals surface area contributed by atoms with Crippen molar-refractivity contribution in [3.63, 3.8) is 0 Å². The number of thiocarbonyl (C=S) groups is 1. The minimum atomic E-state index is 0.392. The quantitative estimate of drug-likeness (QED) is 0.388. The third-order valence-corrected chi connectivity index (χ3v) is 4.39. The van der Waals surface area contributed by atoms with Gasteiger partial charge in [-0.1, -0.05) is 36.7 Å². The summed E-state index contributed by atoms with van der Waals surface area (Å²) in [5, 5.41) is 8.24. The van der Waals surface area contributed by atoms with E-state index in [0.29, 0.717) is 10.1 Å². The van der Waals surface area contributed by atoms with Gasteiger partial charge in [0.15, 0.2) is 5.11 Å². The number of halogens is 1. The topological polar surface area (TPSA) is 39.7 Å². The summed E-state index contributed by atoms with van der Waals surface area (Å²) in [6, 6.07) is 14.1. The predicted molar refractivity (Wildman–Crippen MR) is 118 cm³/mol. The fraction of sp³-hybridized carbons (Fsp3) is 0.300. The highest BCUT2D eigenvalue weighted by molar-refractivity contribution is 7.80. The molecule has 138 valence electrons. The second kappa shape index (κ2) is 10.1. The van der Waals surface area contributed by atoms with Crippen LogP contribution in [0.3, 0.4) is 0 Å². The summed E-state index contributed by atoms with van der Waals surface area (Å²) in [5.74, 6) is 0. The first kappa shape index (κ1) is 20.2. The molecule has 0 aromatic heterocycles. The van der Waals surface area contributed by atoms with E-state index in [0.717, 1.165) is 36.3 Å². The van der Waals surface area contributed by atoms with Crippen molar-refractivity contribution < 1.29 is 0 Å². The third kappa shape index (κ3) is 6.00. The number of benzene rings is 2. The van der Waals surface area contributed by atoms with Crippen LogP contribution in [-0.4, -0.2) is 24.4 Å². The Hall–Kier alpha value is -2.11. The molecule has 0 unspecified atom stereocenters. The van der Waals surface area contributed by atoms with Crippen LogP contribution >= 0.6 is 23.8 Å². The lowest BCUT2D eigenvalue weighted by atomic mass is 10.2. The van der Waals surface area contributed by atoms with E-state index in [9.17, 15) is 0 Å². The van der Waals surface area contributed by atoms with Crippen molar-refractivity contribution in [1.29, 1.82) is 0 Å². The van der Waals surface area contributed by atoms with Gasteiger partial charge in [0.25, 0.3) is 0 Å². The van der Waals surface area contributed by atoms with Gasteiger partial charge in [0, 0.05) is 18.8 Å². The summed E-state index contributed by atoms with van der Waals surface area (Å²) in [7, 11) is 0. The van der Waals surface area contributed by atoms with Crippen molar-refractivity contribution in [1.82, 2.24) is 5.43 Å².